The van der Waals surface area contributed by atoms with Crippen LogP contribution in [0.5, 0.6) is 0 Å². The van der Waals surface area contributed by atoms with Crippen molar-refractivity contribution in [3.05, 3.63) is 21.2 Å². The quantitative estimate of drug-likeness (QED) is 0.686. The summed E-state index contributed by atoms with van der Waals surface area (Å²) >= 11 is 6.72. The van der Waals surface area contributed by atoms with Crippen LogP contribution in [0, 0.1) is 12.3 Å². The number of nitrogens with zero attached hydrogens (tertiary/aromatic N) is 1. The number of anilines is 1. The van der Waals surface area contributed by atoms with Crippen molar-refractivity contribution < 1.29 is 0 Å². The molecule has 1 N–H and O–H groups in total. The normalized spacial score (nSPS) is 9.31. The summed E-state index contributed by atoms with van der Waals surface area (Å²) in [5, 5.41) is 3.12. The van der Waals surface area contributed by atoms with Gasteiger partial charge in [0.15, 0.2) is 0 Å². The number of nitrogens with one attached hydrogen (secondary N) is 1. The van der Waals surface area contributed by atoms with Crippen LogP contribution < -0.4 is 5.32 Å². The van der Waals surface area contributed by atoms with E-state index < -0.39 is 0 Å². The van der Waals surface area contributed by atoms with Gasteiger partial charge in [-0.15, -0.1) is 12.3 Å². The fraction of sp³-hybridized carbons (Fsp3) is 0.222. The minimum absolute atomic E-state index is 0.699. The second-order valence-corrected chi connectivity index (χ2v) is 4.13. The summed E-state index contributed by atoms with van der Waals surface area (Å²) < 4.78 is 1.88. The summed E-state index contributed by atoms with van der Waals surface area (Å²) in [6.07, 6.45) is 7.56. The monoisotopic (exact) mass is 302 g/mol. The fourth-order valence-corrected chi connectivity index (χ4v) is 1.93. The zero-order chi connectivity index (χ0) is 9.68. The van der Waals surface area contributed by atoms with Gasteiger partial charge < -0.3 is 5.32 Å². The molecule has 13 heavy (non-hydrogen) atoms. The predicted octanol–water partition coefficient (Wildman–Crippen LogP) is 3.04. The molecule has 1 aromatic rings. The lowest BCUT2D eigenvalue weighted by molar-refractivity contribution is 1.07. The summed E-state index contributed by atoms with van der Waals surface area (Å²) in [4.78, 5) is 4.18. The van der Waals surface area contributed by atoms with Gasteiger partial charge in [0.1, 0.15) is 5.82 Å². The molecule has 0 spiro atoms. The van der Waals surface area contributed by atoms with E-state index in [9.17, 15) is 0 Å². The first-order valence-electron chi connectivity index (χ1n) is 3.72. The molecule has 0 aliphatic rings. The van der Waals surface area contributed by atoms with Crippen molar-refractivity contribution in [1.29, 1.82) is 0 Å². The Balaban J connectivity index is 2.62. The highest BCUT2D eigenvalue weighted by Gasteiger charge is 1.99. The zero-order valence-corrected chi connectivity index (χ0v) is 10.0. The van der Waals surface area contributed by atoms with Crippen LogP contribution in [-0.4, -0.2) is 11.5 Å². The van der Waals surface area contributed by atoms with E-state index in [0.29, 0.717) is 6.42 Å². The molecule has 0 unspecified atom stereocenters. The van der Waals surface area contributed by atoms with Crippen LogP contribution in [0.15, 0.2) is 21.2 Å². The molecule has 1 rings (SSSR count). The maximum Gasteiger partial charge on any atom is 0.140 e. The molecule has 68 valence electrons. The third-order valence-electron chi connectivity index (χ3n) is 1.37. The van der Waals surface area contributed by atoms with E-state index in [1.807, 2.05) is 6.07 Å². The summed E-state index contributed by atoms with van der Waals surface area (Å²) in [6, 6.07) is 1.94. The van der Waals surface area contributed by atoms with Crippen molar-refractivity contribution >= 4 is 37.7 Å². The topological polar surface area (TPSA) is 24.9 Å². The van der Waals surface area contributed by atoms with Gasteiger partial charge in [0.2, 0.25) is 0 Å². The van der Waals surface area contributed by atoms with E-state index in [0.717, 1.165) is 21.3 Å². The molecule has 0 saturated carbocycles. The first-order chi connectivity index (χ1) is 6.24. The van der Waals surface area contributed by atoms with Gasteiger partial charge in [0.05, 0.1) is 4.47 Å². The molecular formula is C9H8Br2N2. The van der Waals surface area contributed by atoms with Gasteiger partial charge in [0, 0.05) is 23.6 Å². The van der Waals surface area contributed by atoms with Gasteiger partial charge in [-0.1, -0.05) is 0 Å². The summed E-state index contributed by atoms with van der Waals surface area (Å²) in [5.41, 5.74) is 0. The van der Waals surface area contributed by atoms with Crippen molar-refractivity contribution in [2.24, 2.45) is 0 Å². The van der Waals surface area contributed by atoms with Crippen LogP contribution in [0.2, 0.25) is 0 Å². The number of hydrogen-bond acceptors (Lipinski definition) is 2. The molecule has 0 radical (unpaired) electrons. The number of hydrogen-bond donors (Lipinski definition) is 1. The van der Waals surface area contributed by atoms with Gasteiger partial charge in [-0.2, -0.15) is 0 Å². The Labute approximate surface area is 94.4 Å². The number of pyridine rings is 1. The van der Waals surface area contributed by atoms with Gasteiger partial charge in [0.25, 0.3) is 0 Å². The van der Waals surface area contributed by atoms with Crippen molar-refractivity contribution in [2.75, 3.05) is 11.9 Å². The van der Waals surface area contributed by atoms with Crippen molar-refractivity contribution in [3.63, 3.8) is 0 Å². The lowest BCUT2D eigenvalue weighted by Crippen LogP contribution is -2.02. The van der Waals surface area contributed by atoms with E-state index in [-0.39, 0.29) is 0 Å². The first kappa shape index (κ1) is 10.6. The molecule has 0 saturated heterocycles. The molecule has 0 aliphatic carbocycles. The Morgan fingerprint density at radius 3 is 2.92 bits per heavy atom. The summed E-state index contributed by atoms with van der Waals surface area (Å²) in [7, 11) is 0. The fourth-order valence-electron chi connectivity index (χ4n) is 0.798. The van der Waals surface area contributed by atoms with Crippen LogP contribution in [0.25, 0.3) is 0 Å². The summed E-state index contributed by atoms with van der Waals surface area (Å²) in [5.74, 6) is 3.37. The van der Waals surface area contributed by atoms with E-state index in [1.165, 1.54) is 0 Å². The van der Waals surface area contributed by atoms with Gasteiger partial charge in [-0.25, -0.2) is 4.98 Å². The Kier molecular flexibility index (Phi) is 4.26. The minimum Gasteiger partial charge on any atom is -0.368 e. The maximum atomic E-state index is 5.13. The van der Waals surface area contributed by atoms with Crippen LogP contribution in [-0.2, 0) is 0 Å². The molecule has 2 nitrogen and oxygen atoms in total. The standard InChI is InChI=1S/C9H8Br2N2/c1-2-3-4-12-9-8(11)5-7(10)6-13-9/h1,5-6H,3-4H2,(H,12,13). The molecule has 0 aliphatic heterocycles. The summed E-state index contributed by atoms with van der Waals surface area (Å²) in [6.45, 7) is 0.740. The largest absolute Gasteiger partial charge is 0.368 e. The van der Waals surface area contributed by atoms with Crippen LogP contribution in [0.3, 0.4) is 0 Å². The molecule has 1 aromatic heterocycles. The molecule has 1 heterocycles. The van der Waals surface area contributed by atoms with E-state index >= 15 is 0 Å². The molecule has 0 amide bonds. The average Bonchev–Trinajstić information content (AvgIpc) is 2.09. The highest BCUT2D eigenvalue weighted by atomic mass is 79.9. The highest BCUT2D eigenvalue weighted by molar-refractivity contribution is 9.11. The van der Waals surface area contributed by atoms with Crippen LogP contribution in [0.1, 0.15) is 6.42 Å². The Hall–Kier alpha value is -0.530. The second kappa shape index (κ2) is 5.25. The van der Waals surface area contributed by atoms with E-state index in [2.05, 4.69) is 48.1 Å². The number of halogens is 2. The maximum absolute atomic E-state index is 5.13. The number of rotatable bonds is 3. The molecule has 0 atom stereocenters. The van der Waals surface area contributed by atoms with Gasteiger partial charge in [-0.05, 0) is 37.9 Å². The molecule has 0 fully saturated rings. The molecular weight excluding hydrogens is 296 g/mol. The van der Waals surface area contributed by atoms with Crippen molar-refractivity contribution in [3.8, 4) is 12.3 Å². The predicted molar refractivity (Wildman–Crippen MR) is 61.6 cm³/mol. The zero-order valence-electron chi connectivity index (χ0n) is 6.85. The smallest absolute Gasteiger partial charge is 0.140 e. The van der Waals surface area contributed by atoms with Crippen molar-refractivity contribution in [1.82, 2.24) is 4.98 Å². The highest BCUT2D eigenvalue weighted by Crippen LogP contribution is 2.23. The third-order valence-corrected chi connectivity index (χ3v) is 2.41. The third kappa shape index (κ3) is 3.37. The Bertz CT molecular complexity index is 331. The van der Waals surface area contributed by atoms with Gasteiger partial charge >= 0.3 is 0 Å². The van der Waals surface area contributed by atoms with Gasteiger partial charge in [-0.3, -0.25) is 0 Å². The van der Waals surface area contributed by atoms with Crippen LogP contribution in [0.4, 0.5) is 5.82 Å². The second-order valence-electron chi connectivity index (χ2n) is 2.36. The lowest BCUT2D eigenvalue weighted by atomic mass is 10.4. The first-order valence-corrected chi connectivity index (χ1v) is 5.31. The number of terminal acetylenes is 1. The van der Waals surface area contributed by atoms with E-state index in [1.54, 1.807) is 6.20 Å². The minimum atomic E-state index is 0.699. The van der Waals surface area contributed by atoms with Crippen molar-refractivity contribution in [2.45, 2.75) is 6.42 Å². The average molecular weight is 304 g/mol. The Morgan fingerprint density at radius 1 is 1.54 bits per heavy atom. The Morgan fingerprint density at radius 2 is 2.31 bits per heavy atom. The SMILES string of the molecule is C#CCCNc1ncc(Br)cc1Br. The van der Waals surface area contributed by atoms with E-state index in [4.69, 9.17) is 6.42 Å². The lowest BCUT2D eigenvalue weighted by Gasteiger charge is -2.05. The molecule has 0 aromatic carbocycles. The number of aromatic nitrogens is 1. The molecule has 4 heteroatoms. The molecule has 0 bridgehead atoms. The van der Waals surface area contributed by atoms with Crippen LogP contribution >= 0.6 is 31.9 Å².